The van der Waals surface area contributed by atoms with Crippen molar-refractivity contribution in [2.45, 2.75) is 51.4 Å². The predicted octanol–water partition coefficient (Wildman–Crippen LogP) is 2.08. The summed E-state index contributed by atoms with van der Waals surface area (Å²) in [6.07, 6.45) is -5.03. The van der Waals surface area contributed by atoms with Crippen LogP contribution in [0.3, 0.4) is 0 Å². The highest BCUT2D eigenvalue weighted by Gasteiger charge is 2.35. The number of hydrogen-bond donors (Lipinski definition) is 2. The van der Waals surface area contributed by atoms with Crippen LogP contribution in [0.4, 0.5) is 13.2 Å². The first-order chi connectivity index (χ1) is 5.96. The molecule has 0 aliphatic rings. The zero-order valence-electron chi connectivity index (χ0n) is 9.00. The summed E-state index contributed by atoms with van der Waals surface area (Å²) in [7, 11) is 0. The van der Waals surface area contributed by atoms with E-state index in [1.54, 1.807) is 27.7 Å². The molecule has 0 spiro atoms. The van der Waals surface area contributed by atoms with Gasteiger partial charge < -0.3 is 10.4 Å². The minimum absolute atomic E-state index is 0.180. The van der Waals surface area contributed by atoms with Crippen LogP contribution in [0, 0.1) is 0 Å². The van der Waals surface area contributed by atoms with Crippen molar-refractivity contribution in [2.24, 2.45) is 0 Å². The van der Waals surface area contributed by atoms with E-state index in [-0.39, 0.29) is 6.54 Å². The summed E-state index contributed by atoms with van der Waals surface area (Å²) in [4.78, 5) is 0. The number of aliphatic hydroxyl groups is 1. The Morgan fingerprint density at radius 1 is 1.07 bits per heavy atom. The third-order valence-electron chi connectivity index (χ3n) is 2.50. The van der Waals surface area contributed by atoms with Gasteiger partial charge in [-0.15, -0.1) is 0 Å². The summed E-state index contributed by atoms with van der Waals surface area (Å²) < 4.78 is 35.5. The largest absolute Gasteiger partial charge is 0.390 e. The molecule has 0 aliphatic carbocycles. The lowest BCUT2D eigenvalue weighted by atomic mass is 9.86. The van der Waals surface area contributed by atoms with E-state index in [1.807, 2.05) is 0 Å². The van der Waals surface area contributed by atoms with Gasteiger partial charge in [-0.25, -0.2) is 0 Å². The quantitative estimate of drug-likeness (QED) is 0.749. The number of halogens is 3. The Morgan fingerprint density at radius 3 is 1.79 bits per heavy atom. The highest BCUT2D eigenvalue weighted by Crippen LogP contribution is 2.22. The number of rotatable bonds is 4. The summed E-state index contributed by atoms with van der Waals surface area (Å²) in [6.45, 7) is 6.29. The first-order valence-corrected chi connectivity index (χ1v) is 4.50. The average molecular weight is 213 g/mol. The van der Waals surface area contributed by atoms with Crippen molar-refractivity contribution < 1.29 is 18.3 Å². The molecule has 86 valence electrons. The third-order valence-corrected chi connectivity index (χ3v) is 2.50. The lowest BCUT2D eigenvalue weighted by Crippen LogP contribution is -2.56. The van der Waals surface area contributed by atoms with E-state index in [4.69, 9.17) is 0 Å². The first-order valence-electron chi connectivity index (χ1n) is 4.50. The van der Waals surface area contributed by atoms with Gasteiger partial charge in [-0.1, -0.05) is 0 Å². The molecule has 2 nitrogen and oxygen atoms in total. The van der Waals surface area contributed by atoms with Crippen molar-refractivity contribution in [1.29, 1.82) is 0 Å². The Labute approximate surface area is 82.5 Å². The minimum atomic E-state index is -4.15. The van der Waals surface area contributed by atoms with Crippen LogP contribution >= 0.6 is 0 Å². The molecule has 0 radical (unpaired) electrons. The van der Waals surface area contributed by atoms with Crippen molar-refractivity contribution >= 4 is 0 Å². The van der Waals surface area contributed by atoms with Crippen molar-refractivity contribution in [3.05, 3.63) is 0 Å². The van der Waals surface area contributed by atoms with Gasteiger partial charge in [0.2, 0.25) is 0 Å². The van der Waals surface area contributed by atoms with Gasteiger partial charge in [0.1, 0.15) is 0 Å². The van der Waals surface area contributed by atoms with Crippen LogP contribution in [0.15, 0.2) is 0 Å². The fourth-order valence-corrected chi connectivity index (χ4v) is 0.733. The van der Waals surface area contributed by atoms with Gasteiger partial charge in [-0.3, -0.25) is 0 Å². The van der Waals surface area contributed by atoms with Gasteiger partial charge in [0.25, 0.3) is 0 Å². The molecule has 0 aromatic rings. The molecule has 0 aliphatic heterocycles. The van der Waals surface area contributed by atoms with Crippen LogP contribution in [0.25, 0.3) is 0 Å². The smallest absolute Gasteiger partial charge is 0.389 e. The van der Waals surface area contributed by atoms with Gasteiger partial charge in [0.15, 0.2) is 0 Å². The molecule has 0 saturated heterocycles. The molecule has 0 unspecified atom stereocenters. The zero-order chi connectivity index (χ0) is 11.6. The molecule has 0 heterocycles. The Balaban J connectivity index is 4.02. The second-order valence-electron chi connectivity index (χ2n) is 4.48. The van der Waals surface area contributed by atoms with E-state index in [1.165, 1.54) is 0 Å². The fraction of sp³-hybridized carbons (Fsp3) is 1.00. The summed E-state index contributed by atoms with van der Waals surface area (Å²) in [6, 6.07) is 0. The number of alkyl halides is 3. The topological polar surface area (TPSA) is 32.3 Å². The molecule has 0 atom stereocenters. The monoisotopic (exact) mass is 213 g/mol. The van der Waals surface area contributed by atoms with Gasteiger partial charge in [0, 0.05) is 12.1 Å². The standard InChI is InChI=1S/C9H18F3NO/c1-7(2,8(3,4)14)13-6-5-9(10,11)12/h13-14H,5-6H2,1-4H3. The second kappa shape index (κ2) is 4.06. The predicted molar refractivity (Wildman–Crippen MR) is 49.1 cm³/mol. The molecule has 14 heavy (non-hydrogen) atoms. The van der Waals surface area contributed by atoms with E-state index < -0.39 is 23.7 Å². The van der Waals surface area contributed by atoms with E-state index >= 15 is 0 Å². The van der Waals surface area contributed by atoms with Crippen molar-refractivity contribution in [3.63, 3.8) is 0 Å². The second-order valence-corrected chi connectivity index (χ2v) is 4.48. The summed E-state index contributed by atoms with van der Waals surface area (Å²) >= 11 is 0. The normalized spacial score (nSPS) is 14.6. The van der Waals surface area contributed by atoms with Gasteiger partial charge in [-0.05, 0) is 27.7 Å². The molecule has 0 saturated carbocycles. The van der Waals surface area contributed by atoms with E-state index in [0.717, 1.165) is 0 Å². The molecule has 2 N–H and O–H groups in total. The first kappa shape index (κ1) is 13.7. The molecular weight excluding hydrogens is 195 g/mol. The maximum Gasteiger partial charge on any atom is 0.390 e. The van der Waals surface area contributed by atoms with Crippen molar-refractivity contribution in [1.82, 2.24) is 5.32 Å². The van der Waals surface area contributed by atoms with Crippen LogP contribution in [-0.2, 0) is 0 Å². The van der Waals surface area contributed by atoms with Crippen molar-refractivity contribution in [2.75, 3.05) is 6.54 Å². The average Bonchev–Trinajstić information content (AvgIpc) is 1.80. The fourth-order valence-electron chi connectivity index (χ4n) is 0.733. The van der Waals surface area contributed by atoms with Gasteiger partial charge in [-0.2, -0.15) is 13.2 Å². The summed E-state index contributed by atoms with van der Waals surface area (Å²) in [5, 5.41) is 12.3. The van der Waals surface area contributed by atoms with Crippen LogP contribution in [0.1, 0.15) is 34.1 Å². The maximum absolute atomic E-state index is 11.8. The SMILES string of the molecule is CC(C)(O)C(C)(C)NCCC(F)(F)F. The summed E-state index contributed by atoms with van der Waals surface area (Å²) in [5.41, 5.74) is -1.79. The Bertz CT molecular complexity index is 181. The Kier molecular flexibility index (Phi) is 3.98. The van der Waals surface area contributed by atoms with E-state index in [0.29, 0.717) is 0 Å². The highest BCUT2D eigenvalue weighted by molar-refractivity contribution is 4.93. The molecule has 0 aromatic carbocycles. The molecular formula is C9H18F3NO. The Hall–Kier alpha value is -0.290. The Morgan fingerprint density at radius 2 is 1.50 bits per heavy atom. The lowest BCUT2D eigenvalue weighted by Gasteiger charge is -2.38. The highest BCUT2D eigenvalue weighted by atomic mass is 19.4. The minimum Gasteiger partial charge on any atom is -0.389 e. The van der Waals surface area contributed by atoms with Crippen LogP contribution in [0.5, 0.6) is 0 Å². The molecule has 5 heteroatoms. The molecule has 0 aromatic heterocycles. The number of hydrogen-bond acceptors (Lipinski definition) is 2. The molecule has 0 bridgehead atoms. The van der Waals surface area contributed by atoms with Gasteiger partial charge >= 0.3 is 6.18 Å². The van der Waals surface area contributed by atoms with Gasteiger partial charge in [0.05, 0.1) is 12.0 Å². The van der Waals surface area contributed by atoms with E-state index in [9.17, 15) is 18.3 Å². The maximum atomic E-state index is 11.8. The third kappa shape index (κ3) is 4.81. The van der Waals surface area contributed by atoms with Crippen LogP contribution in [-0.4, -0.2) is 29.0 Å². The van der Waals surface area contributed by atoms with Crippen LogP contribution in [0.2, 0.25) is 0 Å². The molecule has 0 amide bonds. The van der Waals surface area contributed by atoms with Crippen LogP contribution < -0.4 is 5.32 Å². The zero-order valence-corrected chi connectivity index (χ0v) is 9.00. The van der Waals surface area contributed by atoms with E-state index in [2.05, 4.69) is 5.32 Å². The molecule has 0 fully saturated rings. The summed E-state index contributed by atoms with van der Waals surface area (Å²) in [5.74, 6) is 0. The van der Waals surface area contributed by atoms with Crippen molar-refractivity contribution in [3.8, 4) is 0 Å². The number of nitrogens with one attached hydrogen (secondary N) is 1. The lowest BCUT2D eigenvalue weighted by molar-refractivity contribution is -0.135. The molecule has 0 rings (SSSR count).